The molecule has 1 aliphatic rings. The summed E-state index contributed by atoms with van der Waals surface area (Å²) in [4.78, 5) is 12.3. The van der Waals surface area contributed by atoms with Crippen molar-refractivity contribution >= 4 is 43.2 Å². The number of fused-ring (bicyclic) bond motifs is 1. The molecule has 0 aliphatic carbocycles. The van der Waals surface area contributed by atoms with Gasteiger partial charge in [-0.25, -0.2) is 8.42 Å². The number of benzene rings is 2. The quantitative estimate of drug-likeness (QED) is 0.653. The van der Waals surface area contributed by atoms with E-state index in [1.165, 1.54) is 6.07 Å². The Morgan fingerprint density at radius 2 is 1.89 bits per heavy atom. The molecular weight excluding hydrogens is 444 g/mol. The maximum atomic E-state index is 13.1. The summed E-state index contributed by atoms with van der Waals surface area (Å²) in [6.07, 6.45) is 0.635. The monoisotopic (exact) mass is 466 g/mol. The van der Waals surface area contributed by atoms with Crippen molar-refractivity contribution in [2.75, 3.05) is 10.0 Å². The minimum Gasteiger partial charge on any atom is -0.477 e. The van der Waals surface area contributed by atoms with Gasteiger partial charge < -0.3 is 10.1 Å². The van der Waals surface area contributed by atoms with Crippen molar-refractivity contribution in [3.63, 3.8) is 0 Å². The van der Waals surface area contributed by atoms with Gasteiger partial charge in [0.2, 0.25) is 0 Å². The average Bonchev–Trinajstić information content (AvgIpc) is 2.62. The lowest BCUT2D eigenvalue weighted by molar-refractivity contribution is -0.124. The zero-order chi connectivity index (χ0) is 20.5. The van der Waals surface area contributed by atoms with Crippen molar-refractivity contribution in [2.24, 2.45) is 5.92 Å². The Labute approximate surface area is 173 Å². The second-order valence-corrected chi connectivity index (χ2v) is 9.73. The summed E-state index contributed by atoms with van der Waals surface area (Å²) in [5.41, 5.74) is 1.91. The number of halogens is 1. The molecule has 0 radical (unpaired) electrons. The molecule has 1 unspecified atom stereocenters. The zero-order valence-corrected chi connectivity index (χ0v) is 18.4. The summed E-state index contributed by atoms with van der Waals surface area (Å²) in [6.45, 7) is 5.99. The normalized spacial score (nSPS) is 16.3. The van der Waals surface area contributed by atoms with Crippen LogP contribution in [0.15, 0.2) is 45.8 Å². The molecule has 28 heavy (non-hydrogen) atoms. The predicted octanol–water partition coefficient (Wildman–Crippen LogP) is 4.56. The Kier molecular flexibility index (Phi) is 6.00. The number of carbonyl (C=O) groups excluding carboxylic acids is 1. The van der Waals surface area contributed by atoms with Gasteiger partial charge in [0.05, 0.1) is 5.69 Å². The Hall–Kier alpha value is -2.06. The molecule has 1 amide bonds. The molecule has 1 aliphatic heterocycles. The van der Waals surface area contributed by atoms with Crippen molar-refractivity contribution in [2.45, 2.75) is 44.6 Å². The van der Waals surface area contributed by atoms with E-state index in [2.05, 4.69) is 26.0 Å². The van der Waals surface area contributed by atoms with Crippen LogP contribution >= 0.6 is 15.9 Å². The van der Waals surface area contributed by atoms with Crippen molar-refractivity contribution in [3.05, 3.63) is 46.4 Å². The van der Waals surface area contributed by atoms with E-state index < -0.39 is 16.1 Å². The van der Waals surface area contributed by atoms with E-state index >= 15 is 0 Å². The van der Waals surface area contributed by atoms with Gasteiger partial charge in [0, 0.05) is 10.2 Å². The first kappa shape index (κ1) is 20.7. The molecule has 1 heterocycles. The smallest absolute Gasteiger partial charge is 0.265 e. The maximum absolute atomic E-state index is 13.1. The van der Waals surface area contributed by atoms with Crippen molar-refractivity contribution in [1.29, 1.82) is 0 Å². The Bertz CT molecular complexity index is 988. The van der Waals surface area contributed by atoms with Crippen LogP contribution in [0.5, 0.6) is 5.75 Å². The van der Waals surface area contributed by atoms with Gasteiger partial charge in [-0.05, 0) is 48.6 Å². The maximum Gasteiger partial charge on any atom is 0.265 e. The van der Waals surface area contributed by atoms with Crippen LogP contribution < -0.4 is 14.8 Å². The van der Waals surface area contributed by atoms with Crippen LogP contribution in [-0.2, 0) is 21.2 Å². The third-order valence-corrected chi connectivity index (χ3v) is 6.26. The minimum atomic E-state index is -3.92. The van der Waals surface area contributed by atoms with E-state index in [0.717, 1.165) is 12.0 Å². The highest BCUT2D eigenvalue weighted by molar-refractivity contribution is 9.10. The molecule has 0 aromatic heterocycles. The molecule has 2 N–H and O–H groups in total. The number of hydrogen-bond acceptors (Lipinski definition) is 4. The van der Waals surface area contributed by atoms with Crippen LogP contribution in [0.3, 0.4) is 0 Å². The molecule has 0 saturated carbocycles. The third kappa shape index (κ3) is 4.50. The van der Waals surface area contributed by atoms with Crippen LogP contribution in [0.4, 0.5) is 11.4 Å². The summed E-state index contributed by atoms with van der Waals surface area (Å²) in [5, 5.41) is 2.76. The lowest BCUT2D eigenvalue weighted by Crippen LogP contribution is -2.38. The van der Waals surface area contributed by atoms with Crippen molar-refractivity contribution in [1.82, 2.24) is 0 Å². The van der Waals surface area contributed by atoms with Crippen molar-refractivity contribution in [3.8, 4) is 5.75 Å². The highest BCUT2D eigenvalue weighted by Gasteiger charge is 2.33. The van der Waals surface area contributed by atoms with Crippen molar-refractivity contribution < 1.29 is 17.9 Å². The number of hydrogen-bond donors (Lipinski definition) is 2. The molecule has 150 valence electrons. The molecule has 2 aromatic carbocycles. The van der Waals surface area contributed by atoms with Gasteiger partial charge in [-0.15, -0.1) is 0 Å². The molecule has 0 saturated heterocycles. The van der Waals surface area contributed by atoms with E-state index in [1.807, 2.05) is 32.9 Å². The van der Waals surface area contributed by atoms with Gasteiger partial charge in [0.1, 0.15) is 4.90 Å². The molecule has 0 fully saturated rings. The largest absolute Gasteiger partial charge is 0.477 e. The van der Waals surface area contributed by atoms with Gasteiger partial charge >= 0.3 is 0 Å². The first-order valence-corrected chi connectivity index (χ1v) is 11.4. The third-order valence-electron chi connectivity index (χ3n) is 4.42. The molecular formula is C20H23BrN2O4S. The molecule has 6 nitrogen and oxygen atoms in total. The SMILES string of the molecule is CCc1ccc(NS(=O)(=O)c2cc(Br)cc3c2OC(CC(C)C)C(=O)N3)cc1. The lowest BCUT2D eigenvalue weighted by atomic mass is 10.0. The van der Waals surface area contributed by atoms with Gasteiger partial charge in [-0.2, -0.15) is 0 Å². The highest BCUT2D eigenvalue weighted by atomic mass is 79.9. The van der Waals surface area contributed by atoms with E-state index in [1.54, 1.807) is 18.2 Å². The Morgan fingerprint density at radius 1 is 1.21 bits per heavy atom. The first-order valence-electron chi connectivity index (χ1n) is 9.12. The second-order valence-electron chi connectivity index (χ2n) is 7.16. The standard InChI is InChI=1S/C20H23BrN2O4S/c1-4-13-5-7-15(8-6-13)23-28(25,26)18-11-14(21)10-16-19(18)27-17(9-12(2)3)20(24)22-16/h5-8,10-12,17,23H,4,9H2,1-3H3,(H,22,24). The first-order chi connectivity index (χ1) is 13.2. The summed E-state index contributed by atoms with van der Waals surface area (Å²) < 4.78 is 35.1. The highest BCUT2D eigenvalue weighted by Crippen LogP contribution is 2.40. The fraction of sp³-hybridized carbons (Fsp3) is 0.350. The minimum absolute atomic E-state index is 0.0230. The van der Waals surface area contributed by atoms with Crippen LogP contribution in [0.1, 0.15) is 32.8 Å². The van der Waals surface area contributed by atoms with Crippen LogP contribution in [0.2, 0.25) is 0 Å². The Morgan fingerprint density at radius 3 is 2.50 bits per heavy atom. The van der Waals surface area contributed by atoms with E-state index in [4.69, 9.17) is 4.74 Å². The molecule has 3 rings (SSSR count). The van der Waals surface area contributed by atoms with E-state index in [0.29, 0.717) is 22.3 Å². The van der Waals surface area contributed by atoms with Crippen LogP contribution in [0, 0.1) is 5.92 Å². The Balaban J connectivity index is 1.98. The fourth-order valence-corrected chi connectivity index (χ4v) is 4.84. The number of rotatable bonds is 6. The van der Waals surface area contributed by atoms with E-state index in [9.17, 15) is 13.2 Å². The predicted molar refractivity (Wildman–Crippen MR) is 113 cm³/mol. The number of carbonyl (C=O) groups is 1. The fourth-order valence-electron chi connectivity index (χ4n) is 2.99. The molecule has 2 aromatic rings. The summed E-state index contributed by atoms with van der Waals surface area (Å²) in [6, 6.07) is 10.3. The number of amides is 1. The van der Waals surface area contributed by atoms with Crippen LogP contribution in [0.25, 0.3) is 0 Å². The van der Waals surface area contributed by atoms with Gasteiger partial charge in [-0.1, -0.05) is 48.8 Å². The van der Waals surface area contributed by atoms with Gasteiger partial charge in [0.15, 0.2) is 11.9 Å². The number of aryl methyl sites for hydroxylation is 1. The number of anilines is 2. The molecule has 0 spiro atoms. The average molecular weight is 467 g/mol. The number of ether oxygens (including phenoxy) is 1. The summed E-state index contributed by atoms with van der Waals surface area (Å²) in [5.74, 6) is 0.111. The summed E-state index contributed by atoms with van der Waals surface area (Å²) >= 11 is 3.31. The lowest BCUT2D eigenvalue weighted by Gasteiger charge is -2.28. The number of sulfonamides is 1. The number of nitrogens with one attached hydrogen (secondary N) is 2. The zero-order valence-electron chi connectivity index (χ0n) is 16.0. The van der Waals surface area contributed by atoms with Gasteiger partial charge in [0.25, 0.3) is 15.9 Å². The van der Waals surface area contributed by atoms with Gasteiger partial charge in [-0.3, -0.25) is 9.52 Å². The topological polar surface area (TPSA) is 84.5 Å². The summed E-state index contributed by atoms with van der Waals surface area (Å²) in [7, 11) is -3.92. The molecule has 0 bridgehead atoms. The van der Waals surface area contributed by atoms with E-state index in [-0.39, 0.29) is 22.5 Å². The second kappa shape index (κ2) is 8.13. The molecule has 8 heteroatoms. The van der Waals surface area contributed by atoms with Crippen LogP contribution in [-0.4, -0.2) is 20.4 Å². The molecule has 1 atom stereocenters.